The first kappa shape index (κ1) is 16.7. The van der Waals surface area contributed by atoms with Crippen molar-refractivity contribution in [2.45, 2.75) is 25.3 Å². The summed E-state index contributed by atoms with van der Waals surface area (Å²) in [6, 6.07) is 4.53. The number of fused-ring (bicyclic) bond motifs is 1. The van der Waals surface area contributed by atoms with Gasteiger partial charge in [-0.2, -0.15) is 0 Å². The highest BCUT2D eigenvalue weighted by Crippen LogP contribution is 2.25. The number of H-pyrrole nitrogens is 1. The van der Waals surface area contributed by atoms with E-state index in [0.717, 1.165) is 17.5 Å². The van der Waals surface area contributed by atoms with E-state index in [2.05, 4.69) is 20.3 Å². The van der Waals surface area contributed by atoms with Crippen molar-refractivity contribution >= 4 is 16.8 Å². The van der Waals surface area contributed by atoms with Gasteiger partial charge in [0.1, 0.15) is 17.8 Å². The zero-order valence-electron chi connectivity index (χ0n) is 14.3. The van der Waals surface area contributed by atoms with Gasteiger partial charge < -0.3 is 15.0 Å². The number of ether oxygens (including phenoxy) is 1. The third kappa shape index (κ3) is 3.17. The van der Waals surface area contributed by atoms with Crippen LogP contribution in [-0.4, -0.2) is 40.1 Å². The van der Waals surface area contributed by atoms with E-state index in [9.17, 15) is 9.18 Å². The second kappa shape index (κ2) is 6.84. The first-order chi connectivity index (χ1) is 12.6. The maximum absolute atomic E-state index is 14.0. The minimum atomic E-state index is -0.342. The number of hydrogen-bond donors (Lipinski definition) is 2. The van der Waals surface area contributed by atoms with Crippen molar-refractivity contribution in [3.05, 3.63) is 59.6 Å². The van der Waals surface area contributed by atoms with Gasteiger partial charge in [-0.25, -0.2) is 14.4 Å². The Labute approximate surface area is 149 Å². The van der Waals surface area contributed by atoms with E-state index < -0.39 is 0 Å². The third-order valence-corrected chi connectivity index (χ3v) is 4.79. The van der Waals surface area contributed by atoms with E-state index >= 15 is 0 Å². The van der Waals surface area contributed by atoms with E-state index in [1.807, 2.05) is 6.92 Å². The number of rotatable bonds is 3. The van der Waals surface area contributed by atoms with Crippen molar-refractivity contribution in [2.24, 2.45) is 0 Å². The number of carbonyl (C=O) groups excluding carboxylic acids is 1. The molecule has 3 aromatic rings. The van der Waals surface area contributed by atoms with Gasteiger partial charge in [0.15, 0.2) is 0 Å². The zero-order valence-corrected chi connectivity index (χ0v) is 14.3. The molecule has 6 nitrogen and oxygen atoms in total. The second-order valence-corrected chi connectivity index (χ2v) is 6.65. The Kier molecular flexibility index (Phi) is 4.38. The standard InChI is InChI=1S/C19H19FN4O2/c1-11-2-3-16(20)15-5-17(24-18(11)15)19(25)23-14-4-12(8-26-9-14)13-6-21-10-22-7-13/h2-3,5-7,10,12,14,24H,4,8-9H2,1H3,(H,23,25). The van der Waals surface area contributed by atoms with Crippen LogP contribution in [0.3, 0.4) is 0 Å². The number of aromatic nitrogens is 3. The summed E-state index contributed by atoms with van der Waals surface area (Å²) in [6.45, 7) is 2.90. The summed E-state index contributed by atoms with van der Waals surface area (Å²) in [5.41, 5.74) is 2.88. The molecule has 1 aliphatic rings. The fourth-order valence-corrected chi connectivity index (χ4v) is 3.40. The molecule has 0 aliphatic carbocycles. The lowest BCUT2D eigenvalue weighted by Gasteiger charge is -2.29. The monoisotopic (exact) mass is 354 g/mol. The molecular formula is C19H19FN4O2. The largest absolute Gasteiger partial charge is 0.379 e. The average molecular weight is 354 g/mol. The summed E-state index contributed by atoms with van der Waals surface area (Å²) < 4.78 is 19.6. The Bertz CT molecular complexity index is 902. The predicted octanol–water partition coefficient (Wildman–Crippen LogP) is 2.71. The van der Waals surface area contributed by atoms with Gasteiger partial charge in [-0.3, -0.25) is 4.79 Å². The van der Waals surface area contributed by atoms with Crippen molar-refractivity contribution in [1.82, 2.24) is 20.3 Å². The molecule has 7 heteroatoms. The molecule has 0 radical (unpaired) electrons. The van der Waals surface area contributed by atoms with E-state index in [-0.39, 0.29) is 23.7 Å². The van der Waals surface area contributed by atoms with Gasteiger partial charge in [0, 0.05) is 23.7 Å². The Morgan fingerprint density at radius 1 is 1.31 bits per heavy atom. The fourth-order valence-electron chi connectivity index (χ4n) is 3.40. The molecule has 1 saturated heterocycles. The number of hydrogen-bond acceptors (Lipinski definition) is 4. The lowest BCUT2D eigenvalue weighted by molar-refractivity contribution is 0.0503. The number of halogens is 1. The van der Waals surface area contributed by atoms with Gasteiger partial charge in [0.05, 0.1) is 24.8 Å². The van der Waals surface area contributed by atoms with Crippen molar-refractivity contribution in [2.75, 3.05) is 13.2 Å². The number of benzene rings is 1. The van der Waals surface area contributed by atoms with Gasteiger partial charge in [0.25, 0.3) is 5.91 Å². The lowest BCUT2D eigenvalue weighted by atomic mass is 9.93. The molecule has 1 amide bonds. The molecule has 2 N–H and O–H groups in total. The first-order valence-corrected chi connectivity index (χ1v) is 8.53. The van der Waals surface area contributed by atoms with Gasteiger partial charge in [-0.1, -0.05) is 6.07 Å². The summed E-state index contributed by atoms with van der Waals surface area (Å²) in [5, 5.41) is 3.40. The second-order valence-electron chi connectivity index (χ2n) is 6.65. The molecular weight excluding hydrogens is 335 g/mol. The molecule has 0 bridgehead atoms. The smallest absolute Gasteiger partial charge is 0.268 e. The van der Waals surface area contributed by atoms with Crippen LogP contribution in [0.4, 0.5) is 4.39 Å². The molecule has 0 saturated carbocycles. The highest BCUT2D eigenvalue weighted by Gasteiger charge is 2.26. The minimum Gasteiger partial charge on any atom is -0.379 e. The number of aromatic amines is 1. The summed E-state index contributed by atoms with van der Waals surface area (Å²) in [5.74, 6) is -0.470. The predicted molar refractivity (Wildman–Crippen MR) is 94.5 cm³/mol. The molecule has 1 fully saturated rings. The Morgan fingerprint density at radius 2 is 2.12 bits per heavy atom. The quantitative estimate of drug-likeness (QED) is 0.758. The van der Waals surface area contributed by atoms with Crippen LogP contribution >= 0.6 is 0 Å². The van der Waals surface area contributed by atoms with Gasteiger partial charge in [-0.15, -0.1) is 0 Å². The Balaban J connectivity index is 1.49. The maximum Gasteiger partial charge on any atom is 0.268 e. The van der Waals surface area contributed by atoms with Crippen LogP contribution in [0.25, 0.3) is 10.9 Å². The van der Waals surface area contributed by atoms with Gasteiger partial charge in [-0.05, 0) is 36.6 Å². The molecule has 3 heterocycles. The van der Waals surface area contributed by atoms with E-state index in [4.69, 9.17) is 4.74 Å². The lowest BCUT2D eigenvalue weighted by Crippen LogP contribution is -2.43. The van der Waals surface area contributed by atoms with Crippen molar-refractivity contribution in [3.63, 3.8) is 0 Å². The number of amides is 1. The molecule has 1 aliphatic heterocycles. The van der Waals surface area contributed by atoms with Crippen LogP contribution in [0.1, 0.15) is 34.0 Å². The van der Waals surface area contributed by atoms with Gasteiger partial charge in [0.2, 0.25) is 0 Å². The topological polar surface area (TPSA) is 79.9 Å². The Hall–Kier alpha value is -2.80. The van der Waals surface area contributed by atoms with Crippen LogP contribution in [0, 0.1) is 12.7 Å². The number of carbonyl (C=O) groups is 1. The van der Waals surface area contributed by atoms with Crippen LogP contribution in [0.5, 0.6) is 0 Å². The molecule has 4 rings (SSSR count). The molecule has 2 atom stereocenters. The maximum atomic E-state index is 14.0. The molecule has 2 unspecified atom stereocenters. The van der Waals surface area contributed by atoms with Crippen molar-refractivity contribution < 1.29 is 13.9 Å². The summed E-state index contributed by atoms with van der Waals surface area (Å²) in [7, 11) is 0. The summed E-state index contributed by atoms with van der Waals surface area (Å²) >= 11 is 0. The average Bonchev–Trinajstić information content (AvgIpc) is 3.13. The van der Waals surface area contributed by atoms with E-state index in [1.165, 1.54) is 12.4 Å². The van der Waals surface area contributed by atoms with Crippen LogP contribution in [0.15, 0.2) is 36.9 Å². The fraction of sp³-hybridized carbons (Fsp3) is 0.316. The SMILES string of the molecule is Cc1ccc(F)c2cc(C(=O)NC3COCC(c4cncnc4)C3)[nH]c12. The van der Waals surface area contributed by atoms with Gasteiger partial charge >= 0.3 is 0 Å². The summed E-state index contributed by atoms with van der Waals surface area (Å²) in [4.78, 5) is 23.7. The molecule has 2 aromatic heterocycles. The van der Waals surface area contributed by atoms with E-state index in [1.54, 1.807) is 24.5 Å². The van der Waals surface area contributed by atoms with Crippen molar-refractivity contribution in [3.8, 4) is 0 Å². The van der Waals surface area contributed by atoms with Crippen molar-refractivity contribution in [1.29, 1.82) is 0 Å². The highest BCUT2D eigenvalue weighted by molar-refractivity contribution is 5.99. The molecule has 1 aromatic carbocycles. The summed E-state index contributed by atoms with van der Waals surface area (Å²) in [6.07, 6.45) is 5.78. The highest BCUT2D eigenvalue weighted by atomic mass is 19.1. The minimum absolute atomic E-state index is 0.126. The van der Waals surface area contributed by atoms with Crippen LogP contribution in [-0.2, 0) is 4.74 Å². The van der Waals surface area contributed by atoms with Crippen LogP contribution in [0.2, 0.25) is 0 Å². The molecule has 26 heavy (non-hydrogen) atoms. The number of aryl methyl sites for hydroxylation is 1. The molecule has 0 spiro atoms. The normalized spacial score (nSPS) is 20.2. The Morgan fingerprint density at radius 3 is 2.88 bits per heavy atom. The van der Waals surface area contributed by atoms with E-state index in [0.29, 0.717) is 29.8 Å². The first-order valence-electron chi connectivity index (χ1n) is 8.53. The zero-order chi connectivity index (χ0) is 18.1. The number of nitrogens with one attached hydrogen (secondary N) is 2. The van der Waals surface area contributed by atoms with Crippen LogP contribution < -0.4 is 5.32 Å². The number of nitrogens with zero attached hydrogens (tertiary/aromatic N) is 2. The molecule has 134 valence electrons. The third-order valence-electron chi connectivity index (χ3n) is 4.79.